The zero-order chi connectivity index (χ0) is 8.31. The first-order valence-corrected chi connectivity index (χ1v) is 4.69. The molecule has 0 bridgehead atoms. The summed E-state index contributed by atoms with van der Waals surface area (Å²) < 4.78 is 0. The summed E-state index contributed by atoms with van der Waals surface area (Å²) in [5.74, 6) is 2.75. The maximum atomic E-state index is 2.36. The molecule has 0 aliphatic rings. The van der Waals surface area contributed by atoms with E-state index in [0.29, 0.717) is 0 Å². The minimum absolute atomic E-state index is 0. The Morgan fingerprint density at radius 1 is 0.636 bits per heavy atom. The molecule has 0 N–H and O–H groups in total. The first kappa shape index (κ1) is 14.2. The molecular weight excluding hydrogens is 126 g/mol. The standard InChI is InChI=1S/C9H22B.Li/c1-7(2)10(8(3)4)9(5)6;/h7-10H,1-6H3;/q-1;+1. The topological polar surface area (TPSA) is 0 Å². The number of hydrogen-bond acceptors (Lipinski definition) is 0. The van der Waals surface area contributed by atoms with Crippen molar-refractivity contribution in [3.05, 3.63) is 0 Å². The zero-order valence-electron chi connectivity index (χ0n) is 9.44. The Bertz CT molecular complexity index is 70.5. The second kappa shape index (κ2) is 6.21. The molecule has 0 rings (SSSR count). The molecule has 0 aromatic heterocycles. The van der Waals surface area contributed by atoms with Gasteiger partial charge in [0.15, 0.2) is 0 Å². The summed E-state index contributed by atoms with van der Waals surface area (Å²) in [5.41, 5.74) is 0. The number of rotatable bonds is 3. The van der Waals surface area contributed by atoms with Crippen LogP contribution in [0.5, 0.6) is 0 Å². The molecule has 0 saturated heterocycles. The van der Waals surface area contributed by atoms with Gasteiger partial charge in [-0.05, 0) is 6.71 Å². The minimum atomic E-state index is 0. The quantitative estimate of drug-likeness (QED) is 0.509. The van der Waals surface area contributed by atoms with Gasteiger partial charge in [-0.15, -0.1) is 0 Å². The van der Waals surface area contributed by atoms with Gasteiger partial charge in [0.2, 0.25) is 0 Å². The van der Waals surface area contributed by atoms with Crippen LogP contribution >= 0.6 is 0 Å². The van der Waals surface area contributed by atoms with Crippen LogP contribution in [0, 0.1) is 0 Å². The van der Waals surface area contributed by atoms with Crippen LogP contribution in [-0.2, 0) is 0 Å². The average molecular weight is 148 g/mol. The van der Waals surface area contributed by atoms with E-state index in [-0.39, 0.29) is 25.6 Å². The molecule has 2 heteroatoms. The normalized spacial score (nSPS) is 11.5. The monoisotopic (exact) mass is 148 g/mol. The summed E-state index contributed by atoms with van der Waals surface area (Å²) in [4.78, 5) is 0. The molecule has 0 aliphatic carbocycles. The van der Waals surface area contributed by atoms with E-state index >= 15 is 0 Å². The fourth-order valence-corrected chi connectivity index (χ4v) is 2.83. The van der Waals surface area contributed by atoms with Crippen molar-refractivity contribution < 1.29 is 18.9 Å². The third kappa shape index (κ3) is 4.99. The van der Waals surface area contributed by atoms with Crippen LogP contribution in [0.25, 0.3) is 0 Å². The first-order valence-electron chi connectivity index (χ1n) is 4.69. The molecule has 0 radical (unpaired) electrons. The summed E-state index contributed by atoms with van der Waals surface area (Å²) in [6.07, 6.45) is 0. The van der Waals surface area contributed by atoms with Crippen LogP contribution in [0.3, 0.4) is 0 Å². The molecule has 0 amide bonds. The molecule has 62 valence electrons. The van der Waals surface area contributed by atoms with Crippen molar-refractivity contribution in [1.82, 2.24) is 0 Å². The van der Waals surface area contributed by atoms with Gasteiger partial charge in [0.25, 0.3) is 0 Å². The predicted octanol–water partition coefficient (Wildman–Crippen LogP) is 0.448. The molecule has 0 saturated carbocycles. The maximum absolute atomic E-state index is 2.36. The van der Waals surface area contributed by atoms with Gasteiger partial charge in [-0.25, -0.2) is 0 Å². The van der Waals surface area contributed by atoms with Crippen LogP contribution in [0.4, 0.5) is 0 Å². The van der Waals surface area contributed by atoms with Crippen molar-refractivity contribution in [3.63, 3.8) is 0 Å². The molecule has 0 aliphatic heterocycles. The Kier molecular flexibility index (Phi) is 8.02. The Labute approximate surface area is 84.8 Å². The van der Waals surface area contributed by atoms with Crippen molar-refractivity contribution in [2.45, 2.75) is 59.0 Å². The maximum Gasteiger partial charge on any atom is 1.00 e. The fraction of sp³-hybridized carbons (Fsp3) is 1.00. The predicted molar refractivity (Wildman–Crippen MR) is 52.4 cm³/mol. The molecule has 0 spiro atoms. The van der Waals surface area contributed by atoms with Gasteiger partial charge in [-0.2, -0.15) is 17.5 Å². The van der Waals surface area contributed by atoms with E-state index in [4.69, 9.17) is 0 Å². The van der Waals surface area contributed by atoms with E-state index in [1.807, 2.05) is 0 Å². The van der Waals surface area contributed by atoms with Gasteiger partial charge in [0.05, 0.1) is 0 Å². The zero-order valence-corrected chi connectivity index (χ0v) is 9.44. The van der Waals surface area contributed by atoms with Crippen molar-refractivity contribution in [2.75, 3.05) is 0 Å². The van der Waals surface area contributed by atoms with Gasteiger partial charge in [0, 0.05) is 0 Å². The summed E-state index contributed by atoms with van der Waals surface area (Å²) >= 11 is 0. The second-order valence-electron chi connectivity index (χ2n) is 4.89. The van der Waals surface area contributed by atoms with Gasteiger partial charge >= 0.3 is 18.9 Å². The van der Waals surface area contributed by atoms with E-state index in [1.165, 1.54) is 0 Å². The Hall–Kier alpha value is 0.662. The van der Waals surface area contributed by atoms with Gasteiger partial charge in [0.1, 0.15) is 0 Å². The van der Waals surface area contributed by atoms with Crippen molar-refractivity contribution in [1.29, 1.82) is 0 Å². The Morgan fingerprint density at radius 3 is 0.818 bits per heavy atom. The Balaban J connectivity index is 0. The fourth-order valence-electron chi connectivity index (χ4n) is 2.83. The summed E-state index contributed by atoms with van der Waals surface area (Å²) in [6, 6.07) is 0. The third-order valence-electron chi connectivity index (χ3n) is 2.83. The van der Waals surface area contributed by atoms with Crippen LogP contribution < -0.4 is 18.9 Å². The van der Waals surface area contributed by atoms with E-state index in [0.717, 1.165) is 17.5 Å². The molecule has 0 fully saturated rings. The molecule has 11 heavy (non-hydrogen) atoms. The summed E-state index contributed by atoms with van der Waals surface area (Å²) in [6.45, 7) is 14.2. The van der Waals surface area contributed by atoms with Gasteiger partial charge < -0.3 is 0 Å². The van der Waals surface area contributed by atoms with E-state index in [2.05, 4.69) is 41.5 Å². The Morgan fingerprint density at radius 2 is 0.818 bits per heavy atom. The largest absolute Gasteiger partial charge is 1.00 e. The smallest absolute Gasteiger partial charge is 0.175 e. The van der Waals surface area contributed by atoms with Crippen molar-refractivity contribution in [2.24, 2.45) is 0 Å². The third-order valence-corrected chi connectivity index (χ3v) is 2.83. The SMILES string of the molecule is CC(C)[BH-](C(C)C)C(C)C.[Li+]. The van der Waals surface area contributed by atoms with E-state index < -0.39 is 0 Å². The number of hydrogen-bond donors (Lipinski definition) is 0. The molecule has 0 aromatic rings. The molecule has 0 unspecified atom stereocenters. The van der Waals surface area contributed by atoms with Crippen LogP contribution in [-0.4, -0.2) is 6.71 Å². The molecule has 0 atom stereocenters. The molecule has 0 nitrogen and oxygen atoms in total. The molecule has 0 aromatic carbocycles. The van der Waals surface area contributed by atoms with Crippen molar-refractivity contribution in [3.8, 4) is 0 Å². The van der Waals surface area contributed by atoms with E-state index in [1.54, 1.807) is 0 Å². The summed E-state index contributed by atoms with van der Waals surface area (Å²) in [7, 11) is 0. The average Bonchev–Trinajstić information content (AvgIpc) is 1.59. The van der Waals surface area contributed by atoms with Crippen molar-refractivity contribution >= 4 is 6.71 Å². The van der Waals surface area contributed by atoms with Crippen LogP contribution in [0.1, 0.15) is 41.5 Å². The summed E-state index contributed by atoms with van der Waals surface area (Å²) in [5, 5.41) is 0. The van der Waals surface area contributed by atoms with Crippen LogP contribution in [0.15, 0.2) is 0 Å². The van der Waals surface area contributed by atoms with E-state index in [9.17, 15) is 0 Å². The minimum Gasteiger partial charge on any atom is -0.175 e. The van der Waals surface area contributed by atoms with Gasteiger partial charge in [-0.1, -0.05) is 41.5 Å². The van der Waals surface area contributed by atoms with Gasteiger partial charge in [-0.3, -0.25) is 0 Å². The second-order valence-corrected chi connectivity index (χ2v) is 4.89. The first-order chi connectivity index (χ1) is 4.46. The molecule has 0 heterocycles. The molecular formula is C9H22BLi. The van der Waals surface area contributed by atoms with Crippen LogP contribution in [0.2, 0.25) is 17.5 Å².